The lowest BCUT2D eigenvalue weighted by atomic mass is 9.95. The van der Waals surface area contributed by atoms with E-state index in [2.05, 4.69) is 15.4 Å². The Morgan fingerprint density at radius 1 is 1.69 bits per heavy atom. The van der Waals surface area contributed by atoms with Crippen molar-refractivity contribution < 1.29 is 14.3 Å². The number of methoxy groups -OCH3 is 1. The summed E-state index contributed by atoms with van der Waals surface area (Å²) in [4.78, 5) is 23.1. The quantitative estimate of drug-likeness (QED) is 0.652. The second-order valence-corrected chi connectivity index (χ2v) is 4.77. The highest BCUT2D eigenvalue weighted by atomic mass is 16.5. The molecule has 1 amide bonds. The van der Waals surface area contributed by atoms with Gasteiger partial charge in [-0.15, -0.1) is 0 Å². The van der Waals surface area contributed by atoms with Crippen LogP contribution in [0.2, 0.25) is 0 Å². The number of likely N-dealkylation sites (N-methyl/N-ethyl adjacent to an activating group) is 1. The van der Waals surface area contributed by atoms with Gasteiger partial charge in [0.15, 0.2) is 0 Å². The topological polar surface area (TPSA) is 67.4 Å². The molecule has 1 heterocycles. The third-order valence-electron chi connectivity index (χ3n) is 3.60. The van der Waals surface area contributed by atoms with Gasteiger partial charge in [-0.3, -0.25) is 9.59 Å². The van der Waals surface area contributed by atoms with Crippen LogP contribution in [-0.4, -0.2) is 37.6 Å². The van der Waals surface area contributed by atoms with E-state index in [-0.39, 0.29) is 29.4 Å². The van der Waals surface area contributed by atoms with E-state index >= 15 is 0 Å². The molecular weight excluding hydrogens is 208 g/mol. The van der Waals surface area contributed by atoms with E-state index in [1.807, 2.05) is 0 Å². The van der Waals surface area contributed by atoms with Crippen molar-refractivity contribution >= 4 is 11.9 Å². The average molecular weight is 226 g/mol. The third-order valence-corrected chi connectivity index (χ3v) is 3.60. The zero-order chi connectivity index (χ0) is 11.8. The highest BCUT2D eigenvalue weighted by Gasteiger charge is 2.52. The van der Waals surface area contributed by atoms with Gasteiger partial charge in [0.25, 0.3) is 0 Å². The number of amides is 1. The molecule has 0 radical (unpaired) electrons. The van der Waals surface area contributed by atoms with Crippen LogP contribution in [0.1, 0.15) is 25.7 Å². The fraction of sp³-hybridized carbons (Fsp3) is 0.818. The van der Waals surface area contributed by atoms with E-state index in [0.717, 1.165) is 19.3 Å². The largest absolute Gasteiger partial charge is 0.468 e. The number of ether oxygens (including phenoxy) is 1. The van der Waals surface area contributed by atoms with Gasteiger partial charge in [0.05, 0.1) is 7.11 Å². The third kappa shape index (κ3) is 2.04. The fourth-order valence-corrected chi connectivity index (χ4v) is 2.41. The number of carbonyl (C=O) groups excluding carboxylic acids is 2. The number of hydrogen-bond acceptors (Lipinski definition) is 4. The van der Waals surface area contributed by atoms with Crippen LogP contribution in [0.15, 0.2) is 0 Å². The monoisotopic (exact) mass is 226 g/mol. The van der Waals surface area contributed by atoms with E-state index < -0.39 is 0 Å². The maximum absolute atomic E-state index is 11.7. The molecule has 1 saturated carbocycles. The molecular formula is C11H18N2O3. The Bertz CT molecular complexity index is 312. The molecule has 1 aliphatic heterocycles. The molecule has 1 aliphatic carbocycles. The Hall–Kier alpha value is -1.10. The predicted molar refractivity (Wildman–Crippen MR) is 57.7 cm³/mol. The number of carbonyl (C=O) groups is 2. The molecule has 1 spiro atoms. The second kappa shape index (κ2) is 4.05. The molecule has 0 aromatic heterocycles. The molecule has 90 valence electrons. The zero-order valence-corrected chi connectivity index (χ0v) is 9.71. The van der Waals surface area contributed by atoms with Crippen molar-refractivity contribution in [1.82, 2.24) is 10.6 Å². The normalized spacial score (nSPS) is 27.6. The van der Waals surface area contributed by atoms with Gasteiger partial charge in [-0.25, -0.2) is 0 Å². The summed E-state index contributed by atoms with van der Waals surface area (Å²) in [6, 6.07) is -0.380. The van der Waals surface area contributed by atoms with Gasteiger partial charge >= 0.3 is 5.97 Å². The minimum atomic E-state index is -0.380. The van der Waals surface area contributed by atoms with Crippen LogP contribution in [0.3, 0.4) is 0 Å². The second-order valence-electron chi connectivity index (χ2n) is 4.77. The average Bonchev–Trinajstić information content (AvgIpc) is 2.94. The Kier molecular flexibility index (Phi) is 2.88. The minimum Gasteiger partial charge on any atom is -0.468 e. The van der Waals surface area contributed by atoms with Gasteiger partial charge < -0.3 is 15.4 Å². The van der Waals surface area contributed by atoms with Crippen molar-refractivity contribution in [2.45, 2.75) is 37.3 Å². The summed E-state index contributed by atoms with van der Waals surface area (Å²) in [5.74, 6) is -0.271. The summed E-state index contributed by atoms with van der Waals surface area (Å²) in [6.07, 6.45) is 3.55. The summed E-state index contributed by atoms with van der Waals surface area (Å²) in [7, 11) is 3.07. The first-order chi connectivity index (χ1) is 7.60. The summed E-state index contributed by atoms with van der Waals surface area (Å²) in [5, 5.41) is 5.92. The van der Waals surface area contributed by atoms with Crippen molar-refractivity contribution in [1.29, 1.82) is 0 Å². The SMILES string of the molecule is CNC(CC1CC2(CC2)NC1=O)C(=O)OC. The standard InChI is InChI=1S/C11H18N2O3/c1-12-8(10(15)16-2)5-7-6-11(3-4-11)13-9(7)14/h7-8,12H,3-6H2,1-2H3,(H,13,14). The molecule has 0 bridgehead atoms. The van der Waals surface area contributed by atoms with E-state index in [0.29, 0.717) is 6.42 Å². The predicted octanol–water partition coefficient (Wildman–Crippen LogP) is -0.194. The van der Waals surface area contributed by atoms with Crippen LogP contribution in [-0.2, 0) is 14.3 Å². The maximum Gasteiger partial charge on any atom is 0.322 e. The van der Waals surface area contributed by atoms with Crippen molar-refractivity contribution in [3.63, 3.8) is 0 Å². The summed E-state index contributed by atoms with van der Waals surface area (Å²) in [6.45, 7) is 0. The molecule has 5 heteroatoms. The molecule has 2 fully saturated rings. The molecule has 2 N–H and O–H groups in total. The summed E-state index contributed by atoms with van der Waals surface area (Å²) >= 11 is 0. The zero-order valence-electron chi connectivity index (χ0n) is 9.71. The Balaban J connectivity index is 1.93. The molecule has 1 saturated heterocycles. The first-order valence-corrected chi connectivity index (χ1v) is 5.67. The lowest BCUT2D eigenvalue weighted by Crippen LogP contribution is -2.38. The fourth-order valence-electron chi connectivity index (χ4n) is 2.41. The molecule has 0 aromatic rings. The van der Waals surface area contributed by atoms with Crippen molar-refractivity contribution in [2.75, 3.05) is 14.2 Å². The van der Waals surface area contributed by atoms with Gasteiger partial charge in [-0.05, 0) is 32.7 Å². The smallest absolute Gasteiger partial charge is 0.322 e. The van der Waals surface area contributed by atoms with Crippen LogP contribution in [0, 0.1) is 5.92 Å². The Morgan fingerprint density at radius 2 is 2.38 bits per heavy atom. The Morgan fingerprint density at radius 3 is 2.81 bits per heavy atom. The van der Waals surface area contributed by atoms with Crippen molar-refractivity contribution in [3.05, 3.63) is 0 Å². The van der Waals surface area contributed by atoms with Crippen LogP contribution < -0.4 is 10.6 Å². The van der Waals surface area contributed by atoms with Crippen molar-refractivity contribution in [2.24, 2.45) is 5.92 Å². The molecule has 16 heavy (non-hydrogen) atoms. The number of rotatable bonds is 4. The van der Waals surface area contributed by atoms with Gasteiger partial charge in [-0.1, -0.05) is 0 Å². The molecule has 0 aromatic carbocycles. The molecule has 2 atom stereocenters. The maximum atomic E-state index is 11.7. The van der Waals surface area contributed by atoms with Gasteiger partial charge in [0, 0.05) is 11.5 Å². The van der Waals surface area contributed by atoms with Crippen LogP contribution in [0.5, 0.6) is 0 Å². The number of nitrogens with one attached hydrogen (secondary N) is 2. The molecule has 2 aliphatic rings. The Labute approximate surface area is 94.9 Å². The number of esters is 1. The van der Waals surface area contributed by atoms with E-state index in [1.54, 1.807) is 7.05 Å². The van der Waals surface area contributed by atoms with Gasteiger partial charge in [0.1, 0.15) is 6.04 Å². The summed E-state index contributed by atoms with van der Waals surface area (Å²) < 4.78 is 4.68. The minimum absolute atomic E-state index is 0.0564. The lowest BCUT2D eigenvalue weighted by molar-refractivity contribution is -0.143. The first-order valence-electron chi connectivity index (χ1n) is 5.67. The lowest BCUT2D eigenvalue weighted by Gasteiger charge is -2.16. The van der Waals surface area contributed by atoms with Crippen LogP contribution in [0.25, 0.3) is 0 Å². The van der Waals surface area contributed by atoms with E-state index in [1.165, 1.54) is 7.11 Å². The highest BCUT2D eigenvalue weighted by Crippen LogP contribution is 2.46. The highest BCUT2D eigenvalue weighted by molar-refractivity contribution is 5.84. The molecule has 5 nitrogen and oxygen atoms in total. The number of hydrogen-bond donors (Lipinski definition) is 2. The van der Waals surface area contributed by atoms with E-state index in [9.17, 15) is 9.59 Å². The summed E-state index contributed by atoms with van der Waals surface area (Å²) in [5.41, 5.74) is 0.0795. The van der Waals surface area contributed by atoms with Crippen molar-refractivity contribution in [3.8, 4) is 0 Å². The van der Waals surface area contributed by atoms with E-state index in [4.69, 9.17) is 0 Å². The molecule has 2 rings (SSSR count). The molecule has 2 unspecified atom stereocenters. The van der Waals surface area contributed by atoms with Gasteiger partial charge in [0.2, 0.25) is 5.91 Å². The van der Waals surface area contributed by atoms with Crippen LogP contribution in [0.4, 0.5) is 0 Å². The first kappa shape index (κ1) is 11.4. The van der Waals surface area contributed by atoms with Gasteiger partial charge in [-0.2, -0.15) is 0 Å². The van der Waals surface area contributed by atoms with Crippen LogP contribution >= 0.6 is 0 Å².